The summed E-state index contributed by atoms with van der Waals surface area (Å²) >= 11 is 0. The van der Waals surface area contributed by atoms with Crippen molar-refractivity contribution < 1.29 is 4.79 Å². The lowest BCUT2D eigenvalue weighted by atomic mass is 10.0. The summed E-state index contributed by atoms with van der Waals surface area (Å²) in [6.07, 6.45) is 6.04. The van der Waals surface area contributed by atoms with E-state index in [9.17, 15) is 4.79 Å². The van der Waals surface area contributed by atoms with Gasteiger partial charge in [0, 0.05) is 43.2 Å². The van der Waals surface area contributed by atoms with Gasteiger partial charge in [-0.25, -0.2) is 0 Å². The number of nitrogens with zero attached hydrogens (tertiary/aromatic N) is 4. The molecule has 2 aromatic heterocycles. The Hall–Kier alpha value is -2.17. The highest BCUT2D eigenvalue weighted by molar-refractivity contribution is 5.94. The third kappa shape index (κ3) is 2.55. The molecule has 1 aliphatic heterocycles. The number of carbonyl (C=O) groups excluding carboxylic acids is 1. The highest BCUT2D eigenvalue weighted by Gasteiger charge is 2.27. The zero-order valence-electron chi connectivity index (χ0n) is 12.7. The van der Waals surface area contributed by atoms with Gasteiger partial charge in [0.15, 0.2) is 0 Å². The van der Waals surface area contributed by atoms with E-state index in [4.69, 9.17) is 0 Å². The Balaban J connectivity index is 1.83. The molecule has 0 aliphatic carbocycles. The van der Waals surface area contributed by atoms with Crippen LogP contribution < -0.4 is 0 Å². The van der Waals surface area contributed by atoms with Gasteiger partial charge in [0.05, 0.1) is 17.3 Å². The average molecular weight is 284 g/mol. The molecule has 0 N–H and O–H groups in total. The number of amides is 1. The summed E-state index contributed by atoms with van der Waals surface area (Å²) < 4.78 is 2.08. The van der Waals surface area contributed by atoms with E-state index in [0.29, 0.717) is 12.1 Å². The smallest absolute Gasteiger partial charge is 0.255 e. The molecular formula is C16H20N4O. The van der Waals surface area contributed by atoms with Gasteiger partial charge in [-0.2, -0.15) is 5.10 Å². The zero-order valence-corrected chi connectivity index (χ0v) is 12.7. The van der Waals surface area contributed by atoms with E-state index in [1.54, 1.807) is 18.5 Å². The zero-order chi connectivity index (χ0) is 15.0. The molecule has 1 amide bonds. The van der Waals surface area contributed by atoms with E-state index in [1.807, 2.05) is 17.2 Å². The first-order valence-corrected chi connectivity index (χ1v) is 7.22. The van der Waals surface area contributed by atoms with Crippen molar-refractivity contribution in [2.45, 2.75) is 39.3 Å². The standard InChI is InChI=1S/C16H20N4O/c1-16(2,3)20-14-6-8-19(11-13(14)10-18-20)15(21)12-5-4-7-17-9-12/h4-5,7,9-10H,6,8,11H2,1-3H3. The predicted molar refractivity (Wildman–Crippen MR) is 79.9 cm³/mol. The minimum absolute atomic E-state index is 0.0247. The highest BCUT2D eigenvalue weighted by atomic mass is 16.2. The van der Waals surface area contributed by atoms with Crippen LogP contribution in [0.3, 0.4) is 0 Å². The largest absolute Gasteiger partial charge is 0.334 e. The molecule has 5 heteroatoms. The number of hydrogen-bond donors (Lipinski definition) is 0. The van der Waals surface area contributed by atoms with Gasteiger partial charge in [-0.1, -0.05) is 0 Å². The van der Waals surface area contributed by atoms with Crippen LogP contribution in [0.4, 0.5) is 0 Å². The Morgan fingerprint density at radius 2 is 2.10 bits per heavy atom. The van der Waals surface area contributed by atoms with Crippen LogP contribution in [0.25, 0.3) is 0 Å². The number of pyridine rings is 1. The molecule has 1 aliphatic rings. The Morgan fingerprint density at radius 1 is 1.29 bits per heavy atom. The van der Waals surface area contributed by atoms with E-state index in [0.717, 1.165) is 18.5 Å². The topological polar surface area (TPSA) is 51.0 Å². The maximum absolute atomic E-state index is 12.5. The van der Waals surface area contributed by atoms with E-state index in [1.165, 1.54) is 5.69 Å². The summed E-state index contributed by atoms with van der Waals surface area (Å²) in [7, 11) is 0. The van der Waals surface area contributed by atoms with Gasteiger partial charge in [-0.05, 0) is 32.9 Å². The third-order valence-electron chi connectivity index (χ3n) is 3.77. The molecule has 3 rings (SSSR count). The monoisotopic (exact) mass is 284 g/mol. The lowest BCUT2D eigenvalue weighted by Gasteiger charge is -2.30. The van der Waals surface area contributed by atoms with Crippen molar-refractivity contribution in [3.05, 3.63) is 47.5 Å². The minimum Gasteiger partial charge on any atom is -0.334 e. The second-order valence-electron chi connectivity index (χ2n) is 6.42. The molecule has 110 valence electrons. The summed E-state index contributed by atoms with van der Waals surface area (Å²) in [6.45, 7) is 7.79. The molecule has 0 saturated heterocycles. The Labute approximate surface area is 124 Å². The van der Waals surface area contributed by atoms with Gasteiger partial charge in [-0.15, -0.1) is 0 Å². The van der Waals surface area contributed by atoms with Crippen LogP contribution in [0.15, 0.2) is 30.7 Å². The number of fused-ring (bicyclic) bond motifs is 1. The maximum atomic E-state index is 12.5. The molecular weight excluding hydrogens is 264 g/mol. The summed E-state index contributed by atoms with van der Waals surface area (Å²) in [4.78, 5) is 18.4. The second kappa shape index (κ2) is 4.98. The first-order chi connectivity index (χ1) is 9.97. The van der Waals surface area contributed by atoms with Crippen LogP contribution in [0.1, 0.15) is 42.4 Å². The van der Waals surface area contributed by atoms with Crippen LogP contribution in [0.2, 0.25) is 0 Å². The quantitative estimate of drug-likeness (QED) is 0.807. The Kier molecular flexibility index (Phi) is 3.27. The van der Waals surface area contributed by atoms with Crippen LogP contribution in [-0.2, 0) is 18.5 Å². The molecule has 0 saturated carbocycles. The lowest BCUT2D eigenvalue weighted by Crippen LogP contribution is -2.37. The van der Waals surface area contributed by atoms with E-state index in [-0.39, 0.29) is 11.4 Å². The third-order valence-corrected chi connectivity index (χ3v) is 3.77. The van der Waals surface area contributed by atoms with Gasteiger partial charge >= 0.3 is 0 Å². The van der Waals surface area contributed by atoms with Crippen molar-refractivity contribution in [3.63, 3.8) is 0 Å². The van der Waals surface area contributed by atoms with Crippen LogP contribution in [0.5, 0.6) is 0 Å². The van der Waals surface area contributed by atoms with E-state index in [2.05, 4.69) is 35.5 Å². The van der Waals surface area contributed by atoms with Gasteiger partial charge in [0.1, 0.15) is 0 Å². The first-order valence-electron chi connectivity index (χ1n) is 7.22. The summed E-state index contributed by atoms with van der Waals surface area (Å²) in [5.74, 6) is 0.0391. The summed E-state index contributed by atoms with van der Waals surface area (Å²) in [6, 6.07) is 3.60. The Morgan fingerprint density at radius 3 is 2.76 bits per heavy atom. The minimum atomic E-state index is -0.0247. The molecule has 0 radical (unpaired) electrons. The van der Waals surface area contributed by atoms with Gasteiger partial charge in [-0.3, -0.25) is 14.5 Å². The number of rotatable bonds is 1. The number of aromatic nitrogens is 3. The van der Waals surface area contributed by atoms with Crippen molar-refractivity contribution in [1.82, 2.24) is 19.7 Å². The van der Waals surface area contributed by atoms with Gasteiger partial charge in [0.25, 0.3) is 5.91 Å². The fourth-order valence-electron chi connectivity index (χ4n) is 2.76. The van der Waals surface area contributed by atoms with Crippen molar-refractivity contribution in [3.8, 4) is 0 Å². The molecule has 21 heavy (non-hydrogen) atoms. The molecule has 5 nitrogen and oxygen atoms in total. The normalized spacial score (nSPS) is 14.9. The van der Waals surface area contributed by atoms with E-state index < -0.39 is 0 Å². The van der Waals surface area contributed by atoms with Gasteiger partial charge < -0.3 is 4.90 Å². The average Bonchev–Trinajstić information content (AvgIpc) is 2.90. The van der Waals surface area contributed by atoms with Crippen LogP contribution >= 0.6 is 0 Å². The first kappa shape index (κ1) is 13.8. The second-order valence-corrected chi connectivity index (χ2v) is 6.42. The van der Waals surface area contributed by atoms with Crippen molar-refractivity contribution in [2.24, 2.45) is 0 Å². The number of hydrogen-bond acceptors (Lipinski definition) is 3. The Bertz CT molecular complexity index is 655. The molecule has 3 heterocycles. The van der Waals surface area contributed by atoms with Crippen molar-refractivity contribution in [2.75, 3.05) is 6.54 Å². The molecule has 0 bridgehead atoms. The van der Waals surface area contributed by atoms with Crippen LogP contribution in [-0.4, -0.2) is 32.1 Å². The summed E-state index contributed by atoms with van der Waals surface area (Å²) in [5.41, 5.74) is 3.01. The SMILES string of the molecule is CC(C)(C)n1ncc2c1CCN(C(=O)c1cccnc1)C2. The molecule has 0 aromatic carbocycles. The maximum Gasteiger partial charge on any atom is 0.255 e. The fraction of sp³-hybridized carbons (Fsp3) is 0.438. The predicted octanol–water partition coefficient (Wildman–Crippen LogP) is 2.23. The summed E-state index contributed by atoms with van der Waals surface area (Å²) in [5, 5.41) is 4.50. The fourth-order valence-corrected chi connectivity index (χ4v) is 2.76. The molecule has 0 unspecified atom stereocenters. The van der Waals surface area contributed by atoms with Crippen molar-refractivity contribution >= 4 is 5.91 Å². The molecule has 0 spiro atoms. The van der Waals surface area contributed by atoms with Crippen molar-refractivity contribution in [1.29, 1.82) is 0 Å². The molecule has 0 fully saturated rings. The molecule has 2 aromatic rings. The van der Waals surface area contributed by atoms with Crippen LogP contribution in [0, 0.1) is 0 Å². The highest BCUT2D eigenvalue weighted by Crippen LogP contribution is 2.25. The molecule has 0 atom stereocenters. The number of carbonyl (C=O) groups is 1. The van der Waals surface area contributed by atoms with E-state index >= 15 is 0 Å². The lowest BCUT2D eigenvalue weighted by molar-refractivity contribution is 0.0732. The van der Waals surface area contributed by atoms with Gasteiger partial charge in [0.2, 0.25) is 0 Å².